The summed E-state index contributed by atoms with van der Waals surface area (Å²) in [7, 11) is 1.50. The van der Waals surface area contributed by atoms with Crippen molar-refractivity contribution in [2.24, 2.45) is 0 Å². The maximum absolute atomic E-state index is 12.5. The lowest BCUT2D eigenvalue weighted by Gasteiger charge is -2.10. The number of aromatic nitrogens is 3. The number of rotatable bonds is 5. The summed E-state index contributed by atoms with van der Waals surface area (Å²) in [6, 6.07) is 12.6. The third-order valence-corrected chi connectivity index (χ3v) is 4.41. The van der Waals surface area contributed by atoms with Gasteiger partial charge in [-0.05, 0) is 35.9 Å². The largest absolute Gasteiger partial charge is 0.495 e. The molecule has 0 aliphatic carbocycles. The molecule has 0 aliphatic rings. The van der Waals surface area contributed by atoms with Gasteiger partial charge in [0.05, 0.1) is 19.3 Å². The zero-order chi connectivity index (χ0) is 18.7. The van der Waals surface area contributed by atoms with E-state index in [0.29, 0.717) is 23.0 Å². The highest BCUT2D eigenvalue weighted by atomic mass is 79.9. The van der Waals surface area contributed by atoms with Crippen molar-refractivity contribution >= 4 is 44.9 Å². The first-order valence-electron chi connectivity index (χ1n) is 7.56. The highest BCUT2D eigenvalue weighted by Gasteiger charge is 2.19. The topological polar surface area (TPSA) is 95.1 Å². The van der Waals surface area contributed by atoms with Crippen LogP contribution in [0.15, 0.2) is 46.9 Å². The quantitative estimate of drug-likeness (QED) is 0.637. The van der Waals surface area contributed by atoms with Crippen molar-refractivity contribution in [3.63, 3.8) is 0 Å². The molecule has 0 unspecified atom stereocenters. The van der Waals surface area contributed by atoms with Crippen molar-refractivity contribution in [3.8, 4) is 5.75 Å². The van der Waals surface area contributed by atoms with Gasteiger partial charge in [-0.15, -0.1) is 5.10 Å². The number of methoxy groups -OCH3 is 1. The Bertz CT molecular complexity index is 943. The molecule has 26 heavy (non-hydrogen) atoms. The van der Waals surface area contributed by atoms with Gasteiger partial charge < -0.3 is 15.8 Å². The van der Waals surface area contributed by atoms with Gasteiger partial charge in [-0.3, -0.25) is 4.79 Å². The van der Waals surface area contributed by atoms with Gasteiger partial charge in [0.2, 0.25) is 0 Å². The van der Waals surface area contributed by atoms with Crippen LogP contribution in [0.25, 0.3) is 0 Å². The number of hydrogen-bond acceptors (Lipinski definition) is 5. The first kappa shape index (κ1) is 18.2. The number of halogens is 2. The lowest BCUT2D eigenvalue weighted by Crippen LogP contribution is -2.16. The Morgan fingerprint density at radius 1 is 1.31 bits per heavy atom. The zero-order valence-corrected chi connectivity index (χ0v) is 16.1. The fraction of sp³-hybridized carbons (Fsp3) is 0.118. The molecule has 3 N–H and O–H groups in total. The van der Waals surface area contributed by atoms with Gasteiger partial charge in [-0.25, -0.2) is 4.68 Å². The van der Waals surface area contributed by atoms with E-state index in [9.17, 15) is 4.79 Å². The lowest BCUT2D eigenvalue weighted by molar-refractivity contribution is 0.102. The summed E-state index contributed by atoms with van der Waals surface area (Å²) in [4.78, 5) is 12.5. The molecule has 0 aliphatic heterocycles. The Labute approximate surface area is 163 Å². The van der Waals surface area contributed by atoms with Crippen LogP contribution in [0.1, 0.15) is 16.1 Å². The number of benzene rings is 2. The van der Waals surface area contributed by atoms with Crippen molar-refractivity contribution in [1.82, 2.24) is 15.0 Å². The molecule has 3 aromatic rings. The fourth-order valence-electron chi connectivity index (χ4n) is 2.32. The molecule has 2 aromatic carbocycles. The second kappa shape index (κ2) is 7.76. The number of carbonyl (C=O) groups is 1. The van der Waals surface area contributed by atoms with Gasteiger partial charge in [-0.2, -0.15) is 0 Å². The third kappa shape index (κ3) is 3.97. The number of hydrogen-bond donors (Lipinski definition) is 2. The molecular weight excluding hydrogens is 422 g/mol. The number of amides is 1. The van der Waals surface area contributed by atoms with Crippen LogP contribution in [0, 0.1) is 0 Å². The predicted octanol–water partition coefficient (Wildman–Crippen LogP) is 3.59. The van der Waals surface area contributed by atoms with E-state index in [-0.39, 0.29) is 11.5 Å². The molecule has 0 spiro atoms. The Hall–Kier alpha value is -2.58. The van der Waals surface area contributed by atoms with Gasteiger partial charge in [-0.1, -0.05) is 44.9 Å². The van der Waals surface area contributed by atoms with Crippen LogP contribution >= 0.6 is 27.5 Å². The molecule has 9 heteroatoms. The Kier molecular flexibility index (Phi) is 5.43. The second-order valence-electron chi connectivity index (χ2n) is 5.41. The second-order valence-corrected chi connectivity index (χ2v) is 6.76. The molecule has 0 bridgehead atoms. The van der Waals surface area contributed by atoms with Crippen LogP contribution in [-0.2, 0) is 6.54 Å². The van der Waals surface area contributed by atoms with Crippen LogP contribution in [0.4, 0.5) is 11.5 Å². The Morgan fingerprint density at radius 3 is 2.73 bits per heavy atom. The minimum Gasteiger partial charge on any atom is -0.495 e. The van der Waals surface area contributed by atoms with E-state index in [0.717, 1.165) is 10.0 Å². The molecule has 1 amide bonds. The maximum Gasteiger partial charge on any atom is 0.280 e. The number of anilines is 2. The number of nitrogen functional groups attached to an aromatic ring is 1. The van der Waals surface area contributed by atoms with Crippen LogP contribution < -0.4 is 15.8 Å². The first-order valence-corrected chi connectivity index (χ1v) is 8.73. The molecule has 3 rings (SSSR count). The number of nitrogens with zero attached hydrogens (tertiary/aromatic N) is 3. The van der Waals surface area contributed by atoms with Crippen molar-refractivity contribution in [1.29, 1.82) is 0 Å². The predicted molar refractivity (Wildman–Crippen MR) is 104 cm³/mol. The smallest absolute Gasteiger partial charge is 0.280 e. The summed E-state index contributed by atoms with van der Waals surface area (Å²) in [6.45, 7) is 0.403. The van der Waals surface area contributed by atoms with E-state index in [1.54, 1.807) is 18.2 Å². The van der Waals surface area contributed by atoms with E-state index >= 15 is 0 Å². The molecule has 134 valence electrons. The van der Waals surface area contributed by atoms with Gasteiger partial charge in [0.25, 0.3) is 5.91 Å². The summed E-state index contributed by atoms with van der Waals surface area (Å²) in [5.41, 5.74) is 7.48. The van der Waals surface area contributed by atoms with Crippen LogP contribution in [0.5, 0.6) is 5.75 Å². The standard InChI is InChI=1S/C17H15BrClN5O2/c1-26-14-7-6-12(19)8-13(14)21-17(25)15-16(20)24(23-22-15)9-10-2-4-11(18)5-3-10/h2-8H,9,20H2,1H3,(H,21,25). The molecular formula is C17H15BrClN5O2. The van der Waals surface area contributed by atoms with E-state index in [2.05, 4.69) is 31.6 Å². The third-order valence-electron chi connectivity index (χ3n) is 3.64. The average molecular weight is 437 g/mol. The molecule has 0 radical (unpaired) electrons. The molecule has 0 saturated carbocycles. The van der Waals surface area contributed by atoms with Crippen LogP contribution in [0.2, 0.25) is 5.02 Å². The van der Waals surface area contributed by atoms with E-state index in [1.165, 1.54) is 11.8 Å². The van der Waals surface area contributed by atoms with E-state index in [4.69, 9.17) is 22.1 Å². The summed E-state index contributed by atoms with van der Waals surface area (Å²) in [5, 5.41) is 11.0. The normalized spacial score (nSPS) is 10.6. The number of carbonyl (C=O) groups excluding carboxylic acids is 1. The number of nitrogens with one attached hydrogen (secondary N) is 1. The Balaban J connectivity index is 1.80. The van der Waals surface area contributed by atoms with Gasteiger partial charge in [0.15, 0.2) is 11.5 Å². The van der Waals surface area contributed by atoms with Gasteiger partial charge >= 0.3 is 0 Å². The molecule has 0 fully saturated rings. The fourth-order valence-corrected chi connectivity index (χ4v) is 2.76. The number of nitrogens with two attached hydrogens (primary N) is 1. The molecule has 1 heterocycles. The maximum atomic E-state index is 12.5. The highest BCUT2D eigenvalue weighted by molar-refractivity contribution is 9.10. The van der Waals surface area contributed by atoms with Crippen molar-refractivity contribution in [2.75, 3.05) is 18.2 Å². The minimum atomic E-state index is -0.495. The SMILES string of the molecule is COc1ccc(Cl)cc1NC(=O)c1nnn(Cc2ccc(Br)cc2)c1N. The number of ether oxygens (including phenoxy) is 1. The van der Waals surface area contributed by atoms with E-state index in [1.807, 2.05) is 24.3 Å². The van der Waals surface area contributed by atoms with Crippen molar-refractivity contribution in [3.05, 3.63) is 63.2 Å². The summed E-state index contributed by atoms with van der Waals surface area (Å²) in [5.74, 6) is 0.153. The van der Waals surface area contributed by atoms with Crippen molar-refractivity contribution < 1.29 is 9.53 Å². The average Bonchev–Trinajstić information content (AvgIpc) is 2.98. The van der Waals surface area contributed by atoms with Crippen LogP contribution in [0.3, 0.4) is 0 Å². The first-order chi connectivity index (χ1) is 12.5. The Morgan fingerprint density at radius 2 is 2.04 bits per heavy atom. The summed E-state index contributed by atoms with van der Waals surface area (Å²) < 4.78 is 7.65. The van der Waals surface area contributed by atoms with Gasteiger partial charge in [0, 0.05) is 9.50 Å². The van der Waals surface area contributed by atoms with Crippen molar-refractivity contribution in [2.45, 2.75) is 6.54 Å². The molecule has 0 atom stereocenters. The van der Waals surface area contributed by atoms with Gasteiger partial charge in [0.1, 0.15) is 5.75 Å². The highest BCUT2D eigenvalue weighted by Crippen LogP contribution is 2.28. The molecule has 7 nitrogen and oxygen atoms in total. The minimum absolute atomic E-state index is 0.0316. The summed E-state index contributed by atoms with van der Waals surface area (Å²) >= 11 is 9.36. The van der Waals surface area contributed by atoms with E-state index < -0.39 is 5.91 Å². The lowest BCUT2D eigenvalue weighted by atomic mass is 10.2. The summed E-state index contributed by atoms with van der Waals surface area (Å²) in [6.07, 6.45) is 0. The molecule has 0 saturated heterocycles. The monoisotopic (exact) mass is 435 g/mol. The van der Waals surface area contributed by atoms with Crippen LogP contribution in [-0.4, -0.2) is 28.0 Å². The zero-order valence-electron chi connectivity index (χ0n) is 13.7. The molecule has 1 aromatic heterocycles.